The zero-order chi connectivity index (χ0) is 14.2. The molecule has 118 valence electrons. The fourth-order valence-corrected chi connectivity index (χ4v) is 5.07. The Morgan fingerprint density at radius 2 is 1.95 bits per heavy atom. The quantitative estimate of drug-likeness (QED) is 0.825. The average Bonchev–Trinajstić information content (AvgIpc) is 2.46. The van der Waals surface area contributed by atoms with Gasteiger partial charge in [-0.2, -0.15) is 0 Å². The van der Waals surface area contributed by atoms with E-state index in [-0.39, 0.29) is 0 Å². The highest BCUT2D eigenvalue weighted by molar-refractivity contribution is 5.79. The van der Waals surface area contributed by atoms with E-state index in [1.54, 1.807) is 0 Å². The van der Waals surface area contributed by atoms with Crippen molar-refractivity contribution in [1.82, 2.24) is 15.5 Å². The Kier molecular flexibility index (Phi) is 3.92. The third kappa shape index (κ3) is 2.61. The summed E-state index contributed by atoms with van der Waals surface area (Å²) in [6.45, 7) is 4.48. The number of hydrogen-bond donors (Lipinski definition) is 2. The van der Waals surface area contributed by atoms with Crippen molar-refractivity contribution >= 4 is 5.91 Å². The Bertz CT molecular complexity index is 395. The van der Waals surface area contributed by atoms with Crippen LogP contribution in [0.3, 0.4) is 0 Å². The van der Waals surface area contributed by atoms with Crippen LogP contribution in [0, 0.1) is 17.8 Å². The first-order valence-electron chi connectivity index (χ1n) is 9.07. The highest BCUT2D eigenvalue weighted by Crippen LogP contribution is 2.38. The summed E-state index contributed by atoms with van der Waals surface area (Å²) in [7, 11) is 0. The monoisotopic (exact) mass is 291 g/mol. The molecule has 2 bridgehead atoms. The molecule has 21 heavy (non-hydrogen) atoms. The summed E-state index contributed by atoms with van der Waals surface area (Å²) < 4.78 is 0. The molecule has 4 nitrogen and oxygen atoms in total. The molecule has 0 aromatic rings. The lowest BCUT2D eigenvalue weighted by molar-refractivity contribution is -0.128. The molecule has 1 saturated carbocycles. The van der Waals surface area contributed by atoms with Gasteiger partial charge in [-0.3, -0.25) is 9.69 Å². The normalized spacial score (nSPS) is 40.2. The van der Waals surface area contributed by atoms with E-state index in [0.717, 1.165) is 43.8 Å². The zero-order valence-corrected chi connectivity index (χ0v) is 13.0. The molecule has 4 heteroatoms. The number of piperidine rings is 3. The molecule has 2 N–H and O–H groups in total. The summed E-state index contributed by atoms with van der Waals surface area (Å²) in [4.78, 5) is 14.9. The van der Waals surface area contributed by atoms with Gasteiger partial charge in [-0.05, 0) is 63.6 Å². The topological polar surface area (TPSA) is 44.4 Å². The maximum Gasteiger partial charge on any atom is 0.223 e. The van der Waals surface area contributed by atoms with Crippen molar-refractivity contribution in [2.24, 2.45) is 17.8 Å². The van der Waals surface area contributed by atoms with Crippen LogP contribution in [0.2, 0.25) is 0 Å². The van der Waals surface area contributed by atoms with Gasteiger partial charge in [0.25, 0.3) is 0 Å². The summed E-state index contributed by atoms with van der Waals surface area (Å²) in [6.07, 6.45) is 8.93. The van der Waals surface area contributed by atoms with Gasteiger partial charge in [-0.25, -0.2) is 0 Å². The van der Waals surface area contributed by atoms with Crippen LogP contribution >= 0.6 is 0 Å². The molecule has 3 aliphatic heterocycles. The smallest absolute Gasteiger partial charge is 0.223 e. The molecule has 1 amide bonds. The third-order valence-corrected chi connectivity index (χ3v) is 6.49. The summed E-state index contributed by atoms with van der Waals surface area (Å²) in [5, 5.41) is 6.93. The summed E-state index contributed by atoms with van der Waals surface area (Å²) >= 11 is 0. The molecule has 0 spiro atoms. The van der Waals surface area contributed by atoms with Gasteiger partial charge in [0.1, 0.15) is 0 Å². The van der Waals surface area contributed by atoms with Crippen molar-refractivity contribution in [3.05, 3.63) is 0 Å². The molecule has 0 radical (unpaired) electrons. The van der Waals surface area contributed by atoms with Crippen LogP contribution in [0.5, 0.6) is 0 Å². The minimum absolute atomic E-state index is 0.320. The van der Waals surface area contributed by atoms with Gasteiger partial charge in [0, 0.05) is 24.5 Å². The van der Waals surface area contributed by atoms with Gasteiger partial charge >= 0.3 is 0 Å². The zero-order valence-electron chi connectivity index (χ0n) is 13.0. The molecule has 0 unspecified atom stereocenters. The summed E-state index contributed by atoms with van der Waals surface area (Å²) in [5.74, 6) is 2.23. The van der Waals surface area contributed by atoms with Crippen molar-refractivity contribution in [3.8, 4) is 0 Å². The molecule has 4 aliphatic rings. The van der Waals surface area contributed by atoms with Crippen LogP contribution in [-0.2, 0) is 4.79 Å². The fourth-order valence-electron chi connectivity index (χ4n) is 5.07. The Hall–Kier alpha value is -0.610. The average molecular weight is 291 g/mol. The molecular weight excluding hydrogens is 262 g/mol. The largest absolute Gasteiger partial charge is 0.354 e. The van der Waals surface area contributed by atoms with Gasteiger partial charge in [-0.15, -0.1) is 0 Å². The van der Waals surface area contributed by atoms with E-state index in [4.69, 9.17) is 0 Å². The summed E-state index contributed by atoms with van der Waals surface area (Å²) in [5.41, 5.74) is 0. The molecule has 4 rings (SSSR count). The lowest BCUT2D eigenvalue weighted by Gasteiger charge is -2.55. The predicted octanol–water partition coefficient (Wildman–Crippen LogP) is 1.37. The fraction of sp³-hybridized carbons (Fsp3) is 0.941. The number of fused-ring (bicyclic) bond motifs is 4. The van der Waals surface area contributed by atoms with Crippen molar-refractivity contribution in [2.75, 3.05) is 26.2 Å². The molecular formula is C17H29N3O. The van der Waals surface area contributed by atoms with Crippen molar-refractivity contribution in [3.63, 3.8) is 0 Å². The van der Waals surface area contributed by atoms with E-state index in [2.05, 4.69) is 15.5 Å². The number of nitrogens with one attached hydrogen (secondary N) is 2. The van der Waals surface area contributed by atoms with E-state index in [1.807, 2.05) is 0 Å². The van der Waals surface area contributed by atoms with Crippen molar-refractivity contribution in [1.29, 1.82) is 0 Å². The van der Waals surface area contributed by atoms with Crippen LogP contribution in [0.4, 0.5) is 0 Å². The Morgan fingerprint density at radius 3 is 2.76 bits per heavy atom. The molecule has 3 saturated heterocycles. The van der Waals surface area contributed by atoms with E-state index in [0.29, 0.717) is 17.9 Å². The second kappa shape index (κ2) is 5.88. The van der Waals surface area contributed by atoms with E-state index in [1.165, 1.54) is 45.2 Å². The molecule has 4 atom stereocenters. The minimum atomic E-state index is 0.320. The third-order valence-electron chi connectivity index (χ3n) is 6.49. The van der Waals surface area contributed by atoms with E-state index in [9.17, 15) is 4.79 Å². The van der Waals surface area contributed by atoms with Gasteiger partial charge in [-0.1, -0.05) is 12.8 Å². The molecule has 1 aliphatic carbocycles. The van der Waals surface area contributed by atoms with Gasteiger partial charge in [0.2, 0.25) is 5.91 Å². The number of nitrogens with zero attached hydrogens (tertiary/aromatic N) is 1. The van der Waals surface area contributed by atoms with Crippen molar-refractivity contribution in [2.45, 2.75) is 57.0 Å². The molecule has 0 aromatic heterocycles. The van der Waals surface area contributed by atoms with Crippen LogP contribution < -0.4 is 10.6 Å². The summed E-state index contributed by atoms with van der Waals surface area (Å²) in [6, 6.07) is 1.34. The lowest BCUT2D eigenvalue weighted by atomic mass is 9.72. The standard InChI is InChI=1S/C17H29N3O/c21-17(12-4-3-5-12)19-11-16-14-8-13(9-18-10-14)15-6-1-2-7-20(15)16/h12-16,18H,1-11H2,(H,19,21)/t13-,14+,15+,16+/m1/s1. The van der Waals surface area contributed by atoms with E-state index < -0.39 is 0 Å². The van der Waals surface area contributed by atoms with Gasteiger partial charge in [0.05, 0.1) is 0 Å². The second-order valence-electron chi connectivity index (χ2n) is 7.66. The van der Waals surface area contributed by atoms with Crippen molar-refractivity contribution < 1.29 is 4.79 Å². The number of hydrogen-bond acceptors (Lipinski definition) is 3. The first-order valence-corrected chi connectivity index (χ1v) is 9.07. The highest BCUT2D eigenvalue weighted by atomic mass is 16.1. The number of amides is 1. The van der Waals surface area contributed by atoms with Gasteiger partial charge < -0.3 is 10.6 Å². The van der Waals surface area contributed by atoms with Crippen LogP contribution in [0.1, 0.15) is 44.9 Å². The maximum atomic E-state index is 12.2. The Balaban J connectivity index is 1.42. The maximum absolute atomic E-state index is 12.2. The lowest BCUT2D eigenvalue weighted by Crippen LogP contribution is -2.65. The van der Waals surface area contributed by atoms with Crippen LogP contribution in [-0.4, -0.2) is 49.1 Å². The Labute approximate surface area is 128 Å². The first-order chi connectivity index (χ1) is 10.3. The Morgan fingerprint density at radius 1 is 1.10 bits per heavy atom. The van der Waals surface area contributed by atoms with Gasteiger partial charge in [0.15, 0.2) is 0 Å². The molecule has 0 aromatic carbocycles. The number of carbonyl (C=O) groups is 1. The highest BCUT2D eigenvalue weighted by Gasteiger charge is 2.45. The number of carbonyl (C=O) groups excluding carboxylic acids is 1. The molecule has 4 fully saturated rings. The van der Waals surface area contributed by atoms with Crippen LogP contribution in [0.15, 0.2) is 0 Å². The number of rotatable bonds is 3. The molecule has 3 heterocycles. The predicted molar refractivity (Wildman–Crippen MR) is 83.0 cm³/mol. The SMILES string of the molecule is O=C(NC[C@H]1[C@@H]2CNC[C@@H](C2)[C@@H]2CCCCN21)C1CCC1. The second-order valence-corrected chi connectivity index (χ2v) is 7.66. The minimum Gasteiger partial charge on any atom is -0.354 e. The van der Waals surface area contributed by atoms with Crippen LogP contribution in [0.25, 0.3) is 0 Å². The first kappa shape index (κ1) is 14.0. The van der Waals surface area contributed by atoms with E-state index >= 15 is 0 Å².